The highest BCUT2D eigenvalue weighted by Gasteiger charge is 2.23. The van der Waals surface area contributed by atoms with Gasteiger partial charge in [-0.25, -0.2) is 4.79 Å². The van der Waals surface area contributed by atoms with Gasteiger partial charge in [0.15, 0.2) is 0 Å². The summed E-state index contributed by atoms with van der Waals surface area (Å²) in [6.45, 7) is 0. The van der Waals surface area contributed by atoms with E-state index in [2.05, 4.69) is 26.3 Å². The van der Waals surface area contributed by atoms with Crippen LogP contribution >= 0.6 is 0 Å². The molecule has 3 aromatic rings. The van der Waals surface area contributed by atoms with Crippen molar-refractivity contribution in [2.75, 3.05) is 5.32 Å². The van der Waals surface area contributed by atoms with E-state index in [1.807, 2.05) is 30.5 Å². The number of rotatable bonds is 2. The van der Waals surface area contributed by atoms with Crippen LogP contribution in [0.2, 0.25) is 0 Å². The van der Waals surface area contributed by atoms with E-state index in [-0.39, 0.29) is 11.7 Å². The quantitative estimate of drug-likeness (QED) is 0.666. The molecule has 0 fully saturated rings. The Balaban J connectivity index is 1.66. The average molecular weight is 266 g/mol. The number of aromatic nitrogens is 3. The van der Waals surface area contributed by atoms with Crippen LogP contribution in [0, 0.1) is 0 Å². The summed E-state index contributed by atoms with van der Waals surface area (Å²) in [6.07, 6.45) is 3.95. The Bertz CT molecular complexity index is 833. The van der Waals surface area contributed by atoms with Gasteiger partial charge in [-0.15, -0.1) is 0 Å². The van der Waals surface area contributed by atoms with Gasteiger partial charge in [0, 0.05) is 11.9 Å². The summed E-state index contributed by atoms with van der Waals surface area (Å²) in [7, 11) is 0. The zero-order chi connectivity index (χ0) is 13.5. The standard InChI is InChI=1S/C15H14N4O/c20-15-18-11-6-4-10(8-13(11)19-15)17-12-5-3-9-2-1-7-16-14(9)12/h1-2,4,6-8,12,17H,3,5H2,(H2,18,19,20). The molecular formula is C15H14N4O. The summed E-state index contributed by atoms with van der Waals surface area (Å²) >= 11 is 0. The van der Waals surface area contributed by atoms with E-state index in [0.717, 1.165) is 35.3 Å². The molecule has 0 aliphatic heterocycles. The highest BCUT2D eigenvalue weighted by Crippen LogP contribution is 2.32. The highest BCUT2D eigenvalue weighted by molar-refractivity contribution is 5.78. The molecule has 100 valence electrons. The lowest BCUT2D eigenvalue weighted by Gasteiger charge is -2.14. The summed E-state index contributed by atoms with van der Waals surface area (Å²) in [5.74, 6) is 0. The lowest BCUT2D eigenvalue weighted by atomic mass is 10.2. The van der Waals surface area contributed by atoms with Crippen LogP contribution in [0.1, 0.15) is 23.7 Å². The number of nitrogens with one attached hydrogen (secondary N) is 3. The molecule has 3 N–H and O–H groups in total. The minimum absolute atomic E-state index is 0.176. The van der Waals surface area contributed by atoms with Crippen molar-refractivity contribution in [2.24, 2.45) is 0 Å². The molecule has 5 nitrogen and oxygen atoms in total. The molecule has 1 unspecified atom stereocenters. The fourth-order valence-electron chi connectivity index (χ4n) is 2.88. The van der Waals surface area contributed by atoms with E-state index < -0.39 is 0 Å². The van der Waals surface area contributed by atoms with Crippen LogP contribution in [0.5, 0.6) is 0 Å². The Hall–Kier alpha value is -2.56. The van der Waals surface area contributed by atoms with Crippen LogP contribution in [-0.2, 0) is 6.42 Å². The van der Waals surface area contributed by atoms with Gasteiger partial charge < -0.3 is 15.3 Å². The molecule has 1 aliphatic rings. The van der Waals surface area contributed by atoms with Crippen LogP contribution in [0.15, 0.2) is 41.3 Å². The van der Waals surface area contributed by atoms with Crippen molar-refractivity contribution in [3.8, 4) is 0 Å². The van der Waals surface area contributed by atoms with Crippen LogP contribution in [0.25, 0.3) is 11.0 Å². The number of imidazole rings is 1. The number of aromatic amines is 2. The molecule has 1 aliphatic carbocycles. The monoisotopic (exact) mass is 266 g/mol. The Morgan fingerprint density at radius 1 is 1.20 bits per heavy atom. The Morgan fingerprint density at radius 3 is 3.05 bits per heavy atom. The molecule has 1 aromatic carbocycles. The molecule has 4 rings (SSSR count). The molecule has 0 saturated carbocycles. The molecule has 1 atom stereocenters. The summed E-state index contributed by atoms with van der Waals surface area (Å²) in [6, 6.07) is 10.2. The van der Waals surface area contributed by atoms with Crippen molar-refractivity contribution < 1.29 is 0 Å². The third kappa shape index (κ3) is 1.79. The molecule has 2 aromatic heterocycles. The van der Waals surface area contributed by atoms with Crippen LogP contribution in [-0.4, -0.2) is 15.0 Å². The number of aryl methyl sites for hydroxylation is 1. The topological polar surface area (TPSA) is 73.6 Å². The number of anilines is 1. The normalized spacial score (nSPS) is 17.3. The molecule has 2 heterocycles. The molecular weight excluding hydrogens is 252 g/mol. The van der Waals surface area contributed by atoms with Gasteiger partial charge in [-0.1, -0.05) is 6.07 Å². The maximum atomic E-state index is 11.3. The second-order valence-corrected chi connectivity index (χ2v) is 5.12. The largest absolute Gasteiger partial charge is 0.377 e. The molecule has 0 radical (unpaired) electrons. The third-order valence-corrected chi connectivity index (χ3v) is 3.82. The Morgan fingerprint density at radius 2 is 2.10 bits per heavy atom. The van der Waals surface area contributed by atoms with E-state index in [1.165, 1.54) is 5.56 Å². The zero-order valence-electron chi connectivity index (χ0n) is 10.8. The molecule has 0 amide bonds. The van der Waals surface area contributed by atoms with Gasteiger partial charge in [0.2, 0.25) is 0 Å². The van der Waals surface area contributed by atoms with Crippen molar-refractivity contribution in [3.05, 3.63) is 58.3 Å². The summed E-state index contributed by atoms with van der Waals surface area (Å²) in [5.41, 5.74) is 4.92. The van der Waals surface area contributed by atoms with Gasteiger partial charge in [0.25, 0.3) is 0 Å². The number of H-pyrrole nitrogens is 2. The maximum absolute atomic E-state index is 11.3. The molecule has 5 heteroatoms. The first-order chi connectivity index (χ1) is 9.79. The summed E-state index contributed by atoms with van der Waals surface area (Å²) in [4.78, 5) is 21.3. The number of hydrogen-bond donors (Lipinski definition) is 3. The van der Waals surface area contributed by atoms with Crippen molar-refractivity contribution >= 4 is 16.7 Å². The first-order valence-corrected chi connectivity index (χ1v) is 6.72. The molecule has 0 bridgehead atoms. The Labute approximate surface area is 115 Å². The first-order valence-electron chi connectivity index (χ1n) is 6.72. The predicted molar refractivity (Wildman–Crippen MR) is 77.8 cm³/mol. The second kappa shape index (κ2) is 4.23. The molecule has 0 saturated heterocycles. The maximum Gasteiger partial charge on any atom is 0.323 e. The van der Waals surface area contributed by atoms with Crippen LogP contribution in [0.3, 0.4) is 0 Å². The SMILES string of the molecule is O=c1[nH]c2ccc(NC3CCc4cccnc43)cc2[nH]1. The Kier molecular flexibility index (Phi) is 2.39. The van der Waals surface area contributed by atoms with Gasteiger partial charge >= 0.3 is 5.69 Å². The predicted octanol–water partition coefficient (Wildman–Crippen LogP) is 2.35. The lowest BCUT2D eigenvalue weighted by Crippen LogP contribution is -2.08. The van der Waals surface area contributed by atoms with Gasteiger partial charge in [-0.3, -0.25) is 4.98 Å². The van der Waals surface area contributed by atoms with E-state index >= 15 is 0 Å². The number of pyridine rings is 1. The highest BCUT2D eigenvalue weighted by atomic mass is 16.1. The fourth-order valence-corrected chi connectivity index (χ4v) is 2.88. The van der Waals surface area contributed by atoms with Crippen LogP contribution < -0.4 is 11.0 Å². The van der Waals surface area contributed by atoms with E-state index in [9.17, 15) is 4.79 Å². The summed E-state index contributed by atoms with van der Waals surface area (Å²) < 4.78 is 0. The van der Waals surface area contributed by atoms with Crippen molar-refractivity contribution in [2.45, 2.75) is 18.9 Å². The van der Waals surface area contributed by atoms with E-state index in [4.69, 9.17) is 0 Å². The minimum atomic E-state index is -0.176. The lowest BCUT2D eigenvalue weighted by molar-refractivity contribution is 0.746. The van der Waals surface area contributed by atoms with E-state index in [1.54, 1.807) is 0 Å². The minimum Gasteiger partial charge on any atom is -0.377 e. The number of nitrogens with zero attached hydrogens (tertiary/aromatic N) is 1. The van der Waals surface area contributed by atoms with Crippen molar-refractivity contribution in [1.82, 2.24) is 15.0 Å². The van der Waals surface area contributed by atoms with Gasteiger partial charge in [0.05, 0.1) is 22.8 Å². The average Bonchev–Trinajstić information content (AvgIpc) is 3.02. The fraction of sp³-hybridized carbons (Fsp3) is 0.200. The van der Waals surface area contributed by atoms with Crippen LogP contribution in [0.4, 0.5) is 5.69 Å². The number of fused-ring (bicyclic) bond motifs is 2. The molecule has 0 spiro atoms. The molecule has 20 heavy (non-hydrogen) atoms. The first kappa shape index (κ1) is 11.3. The van der Waals surface area contributed by atoms with Gasteiger partial charge in [-0.2, -0.15) is 0 Å². The van der Waals surface area contributed by atoms with Crippen molar-refractivity contribution in [1.29, 1.82) is 0 Å². The van der Waals surface area contributed by atoms with Gasteiger partial charge in [-0.05, 0) is 42.7 Å². The van der Waals surface area contributed by atoms with Crippen molar-refractivity contribution in [3.63, 3.8) is 0 Å². The van der Waals surface area contributed by atoms with E-state index in [0.29, 0.717) is 0 Å². The third-order valence-electron chi connectivity index (χ3n) is 3.82. The zero-order valence-corrected chi connectivity index (χ0v) is 10.8. The number of benzene rings is 1. The second-order valence-electron chi connectivity index (χ2n) is 5.12. The smallest absolute Gasteiger partial charge is 0.323 e. The van der Waals surface area contributed by atoms with Gasteiger partial charge in [0.1, 0.15) is 0 Å². The summed E-state index contributed by atoms with van der Waals surface area (Å²) in [5, 5.41) is 3.50. The number of hydrogen-bond acceptors (Lipinski definition) is 3.